The Morgan fingerprint density at radius 1 is 1.39 bits per heavy atom. The number of imide groups is 1. The molecule has 1 rings (SSSR count). The number of carbonyl (C=O) groups is 2. The van der Waals surface area contributed by atoms with Crippen LogP contribution in [0.2, 0.25) is 0 Å². The summed E-state index contributed by atoms with van der Waals surface area (Å²) in [5.74, 6) is 0.502. The number of nitrogens with one attached hydrogen (secondary N) is 3. The summed E-state index contributed by atoms with van der Waals surface area (Å²) < 4.78 is 0. The first-order valence-electron chi connectivity index (χ1n) is 7.78. The van der Waals surface area contributed by atoms with Gasteiger partial charge in [-0.25, -0.2) is 4.79 Å². The first-order chi connectivity index (χ1) is 10.2. The fourth-order valence-electron chi connectivity index (χ4n) is 2.12. The van der Waals surface area contributed by atoms with Gasteiger partial charge in [-0.1, -0.05) is 20.8 Å². The zero-order chi connectivity index (χ0) is 16.8. The summed E-state index contributed by atoms with van der Waals surface area (Å²) in [4.78, 5) is 28.2. The van der Waals surface area contributed by atoms with Gasteiger partial charge in [0.1, 0.15) is 0 Å². The lowest BCUT2D eigenvalue weighted by atomic mass is 9.89. The van der Waals surface area contributed by atoms with Gasteiger partial charge in [0, 0.05) is 26.2 Å². The largest absolute Gasteiger partial charge is 0.355 e. The summed E-state index contributed by atoms with van der Waals surface area (Å²) in [7, 11) is 1.71. The fourth-order valence-corrected chi connectivity index (χ4v) is 2.12. The van der Waals surface area contributed by atoms with Crippen LogP contribution in [0.1, 0.15) is 40.5 Å². The molecule has 134 valence electrons. The summed E-state index contributed by atoms with van der Waals surface area (Å²) in [6.45, 7) is 9.71. The molecule has 8 heteroatoms. The lowest BCUT2D eigenvalue weighted by Crippen LogP contribution is -2.46. The Morgan fingerprint density at radius 2 is 2.04 bits per heavy atom. The van der Waals surface area contributed by atoms with Crippen molar-refractivity contribution in [1.29, 1.82) is 0 Å². The predicted octanol–water partition coefficient (Wildman–Crippen LogP) is 1.54. The van der Waals surface area contributed by atoms with Gasteiger partial charge >= 0.3 is 6.03 Å². The minimum absolute atomic E-state index is 0. The number of halogens is 1. The smallest absolute Gasteiger partial charge is 0.324 e. The first-order valence-corrected chi connectivity index (χ1v) is 7.78. The van der Waals surface area contributed by atoms with Crippen LogP contribution < -0.4 is 16.0 Å². The van der Waals surface area contributed by atoms with E-state index in [0.29, 0.717) is 30.5 Å². The average molecular weight is 439 g/mol. The Labute approximate surface area is 156 Å². The molecule has 0 aromatic heterocycles. The van der Waals surface area contributed by atoms with Crippen LogP contribution in [0.25, 0.3) is 0 Å². The van der Waals surface area contributed by atoms with Crippen molar-refractivity contribution in [2.45, 2.75) is 46.6 Å². The number of amides is 3. The summed E-state index contributed by atoms with van der Waals surface area (Å²) in [5, 5.41) is 8.95. The number of urea groups is 1. The maximum Gasteiger partial charge on any atom is 0.324 e. The van der Waals surface area contributed by atoms with E-state index < -0.39 is 0 Å². The maximum atomic E-state index is 11.5. The molecule has 0 radical (unpaired) electrons. The molecule has 1 aliphatic rings. The fraction of sp³-hybridized carbons (Fsp3) is 0.800. The third-order valence-corrected chi connectivity index (χ3v) is 3.50. The van der Waals surface area contributed by atoms with Gasteiger partial charge in [-0.15, -0.1) is 24.0 Å². The summed E-state index contributed by atoms with van der Waals surface area (Å²) in [6, 6.07) is -0.0181. The van der Waals surface area contributed by atoms with Gasteiger partial charge in [-0.3, -0.25) is 14.7 Å². The molecule has 0 saturated carbocycles. The van der Waals surface area contributed by atoms with Crippen molar-refractivity contribution < 1.29 is 9.59 Å². The van der Waals surface area contributed by atoms with Gasteiger partial charge in [0.05, 0.1) is 6.54 Å². The van der Waals surface area contributed by atoms with E-state index >= 15 is 0 Å². The number of carbonyl (C=O) groups excluding carboxylic acids is 2. The van der Waals surface area contributed by atoms with Gasteiger partial charge in [-0.05, 0) is 25.2 Å². The molecule has 0 aromatic rings. The van der Waals surface area contributed by atoms with Crippen LogP contribution >= 0.6 is 24.0 Å². The number of hydrogen-bond donors (Lipinski definition) is 3. The highest BCUT2D eigenvalue weighted by atomic mass is 127. The standard InChI is InChI=1S/C15H29N5O2.HI/c1-11(6-7-15(2,3)4)19-13(16-5)17-8-9-20-12(21)10-18-14(20)22;/h11H,6-10H2,1-5H3,(H,18,22)(H2,16,17,19);1H. The van der Waals surface area contributed by atoms with Crippen molar-refractivity contribution in [2.24, 2.45) is 10.4 Å². The van der Waals surface area contributed by atoms with Crippen molar-refractivity contribution in [2.75, 3.05) is 26.7 Å². The van der Waals surface area contributed by atoms with Gasteiger partial charge in [-0.2, -0.15) is 0 Å². The molecule has 1 saturated heterocycles. The van der Waals surface area contributed by atoms with Crippen LogP contribution in [0.3, 0.4) is 0 Å². The van der Waals surface area contributed by atoms with E-state index in [1.807, 2.05) is 0 Å². The predicted molar refractivity (Wildman–Crippen MR) is 103 cm³/mol. The van der Waals surface area contributed by atoms with E-state index in [9.17, 15) is 9.59 Å². The van der Waals surface area contributed by atoms with Crippen LogP contribution in [-0.4, -0.2) is 55.5 Å². The van der Waals surface area contributed by atoms with E-state index in [2.05, 4.69) is 48.6 Å². The molecule has 0 aliphatic carbocycles. The molecule has 0 spiro atoms. The molecule has 3 N–H and O–H groups in total. The second-order valence-electron chi connectivity index (χ2n) is 6.85. The third-order valence-electron chi connectivity index (χ3n) is 3.50. The number of aliphatic imine (C=N–C) groups is 1. The lowest BCUT2D eigenvalue weighted by molar-refractivity contribution is -0.124. The topological polar surface area (TPSA) is 85.8 Å². The third kappa shape index (κ3) is 8.38. The van der Waals surface area contributed by atoms with Gasteiger partial charge in [0.2, 0.25) is 5.91 Å². The molecular weight excluding hydrogens is 409 g/mol. The van der Waals surface area contributed by atoms with Crippen LogP contribution in [0.5, 0.6) is 0 Å². The second-order valence-corrected chi connectivity index (χ2v) is 6.85. The highest BCUT2D eigenvalue weighted by molar-refractivity contribution is 14.0. The number of hydrogen-bond acceptors (Lipinski definition) is 3. The van der Waals surface area contributed by atoms with Crippen molar-refractivity contribution in [3.8, 4) is 0 Å². The van der Waals surface area contributed by atoms with E-state index in [0.717, 1.165) is 12.8 Å². The molecule has 0 bridgehead atoms. The molecule has 3 amide bonds. The molecular formula is C15H30IN5O2. The van der Waals surface area contributed by atoms with Crippen molar-refractivity contribution >= 4 is 41.9 Å². The van der Waals surface area contributed by atoms with E-state index in [-0.39, 0.29) is 42.5 Å². The molecule has 23 heavy (non-hydrogen) atoms. The molecule has 1 fully saturated rings. The Hall–Kier alpha value is -1.06. The molecule has 1 atom stereocenters. The Kier molecular flexibility index (Phi) is 9.48. The second kappa shape index (κ2) is 9.94. The maximum absolute atomic E-state index is 11.5. The van der Waals surface area contributed by atoms with Gasteiger partial charge in [0.25, 0.3) is 0 Å². The summed E-state index contributed by atoms with van der Waals surface area (Å²) in [5.41, 5.74) is 0.316. The monoisotopic (exact) mass is 439 g/mol. The Balaban J connectivity index is 0.00000484. The first kappa shape index (κ1) is 21.9. The lowest BCUT2D eigenvalue weighted by Gasteiger charge is -2.23. The van der Waals surface area contributed by atoms with E-state index in [1.165, 1.54) is 4.90 Å². The zero-order valence-corrected chi connectivity index (χ0v) is 17.1. The Bertz CT molecular complexity index is 418. The average Bonchev–Trinajstić information content (AvgIpc) is 2.74. The highest BCUT2D eigenvalue weighted by Crippen LogP contribution is 2.21. The van der Waals surface area contributed by atoms with Crippen LogP contribution in [0, 0.1) is 5.41 Å². The normalized spacial score (nSPS) is 16.7. The molecule has 0 aromatic carbocycles. The molecule has 7 nitrogen and oxygen atoms in total. The van der Waals surface area contributed by atoms with Crippen molar-refractivity contribution in [3.05, 3.63) is 0 Å². The van der Waals surface area contributed by atoms with Crippen LogP contribution in [-0.2, 0) is 4.79 Å². The molecule has 1 aliphatic heterocycles. The number of guanidine groups is 1. The summed E-state index contributed by atoms with van der Waals surface area (Å²) in [6.07, 6.45) is 2.18. The van der Waals surface area contributed by atoms with E-state index in [1.54, 1.807) is 7.05 Å². The minimum Gasteiger partial charge on any atom is -0.355 e. The SMILES string of the molecule is CN=C(NCCN1C(=O)CNC1=O)NC(C)CCC(C)(C)C.I. The number of rotatable bonds is 6. The molecule has 1 unspecified atom stereocenters. The van der Waals surface area contributed by atoms with Crippen LogP contribution in [0.4, 0.5) is 4.79 Å². The van der Waals surface area contributed by atoms with Gasteiger partial charge < -0.3 is 16.0 Å². The van der Waals surface area contributed by atoms with E-state index in [4.69, 9.17) is 0 Å². The number of nitrogens with zero attached hydrogens (tertiary/aromatic N) is 2. The van der Waals surface area contributed by atoms with Crippen molar-refractivity contribution in [3.63, 3.8) is 0 Å². The minimum atomic E-state index is -0.326. The highest BCUT2D eigenvalue weighted by Gasteiger charge is 2.27. The Morgan fingerprint density at radius 3 is 2.52 bits per heavy atom. The molecule has 1 heterocycles. The van der Waals surface area contributed by atoms with Crippen molar-refractivity contribution in [1.82, 2.24) is 20.9 Å². The van der Waals surface area contributed by atoms with Gasteiger partial charge in [0.15, 0.2) is 5.96 Å². The zero-order valence-electron chi connectivity index (χ0n) is 14.7. The summed E-state index contributed by atoms with van der Waals surface area (Å²) >= 11 is 0. The van der Waals surface area contributed by atoms with Crippen LogP contribution in [0.15, 0.2) is 4.99 Å². The quantitative estimate of drug-likeness (QED) is 0.254.